The second-order valence-electron chi connectivity index (χ2n) is 8.95. The predicted octanol–water partition coefficient (Wildman–Crippen LogP) is 3.21. The van der Waals surface area contributed by atoms with Gasteiger partial charge in [0.15, 0.2) is 0 Å². The van der Waals surface area contributed by atoms with Gasteiger partial charge in [0.25, 0.3) is 0 Å². The first kappa shape index (κ1) is 23.9. The quantitative estimate of drug-likeness (QED) is 0.479. The third kappa shape index (κ3) is 4.82. The molecule has 184 valence electrons. The van der Waals surface area contributed by atoms with Crippen LogP contribution in [0.25, 0.3) is 10.9 Å². The predicted molar refractivity (Wildman–Crippen MR) is 137 cm³/mol. The minimum Gasteiger partial charge on any atom is -0.445 e. The van der Waals surface area contributed by atoms with Crippen molar-refractivity contribution in [3.8, 4) is 0 Å². The Hall–Kier alpha value is -3.77. The lowest BCUT2D eigenvalue weighted by Crippen LogP contribution is -2.61. The molecule has 0 bridgehead atoms. The fourth-order valence-electron chi connectivity index (χ4n) is 4.75. The van der Waals surface area contributed by atoms with E-state index in [1.54, 1.807) is 21.9 Å². The molecule has 3 aromatic rings. The van der Waals surface area contributed by atoms with Crippen LogP contribution in [0.1, 0.15) is 16.8 Å². The Labute approximate surface area is 217 Å². The third-order valence-electron chi connectivity index (χ3n) is 6.60. The number of ether oxygens (including phenoxy) is 1. The number of halogens is 1. The van der Waals surface area contributed by atoms with Crippen LogP contribution in [-0.2, 0) is 40.4 Å². The van der Waals surface area contributed by atoms with Crippen molar-refractivity contribution in [1.82, 2.24) is 19.7 Å². The summed E-state index contributed by atoms with van der Waals surface area (Å²) in [5, 5.41) is 4.08. The smallest absolute Gasteiger partial charge is 0.410 e. The van der Waals surface area contributed by atoms with Gasteiger partial charge in [0, 0.05) is 40.7 Å². The minimum absolute atomic E-state index is 0.0764. The lowest BCUT2D eigenvalue weighted by molar-refractivity contribution is -0.133. The topological polar surface area (TPSA) is 83.9 Å². The van der Waals surface area contributed by atoms with E-state index in [2.05, 4.69) is 46.0 Å². The first-order valence-corrected chi connectivity index (χ1v) is 12.5. The first-order valence-electron chi connectivity index (χ1n) is 11.7. The zero-order valence-electron chi connectivity index (χ0n) is 19.6. The van der Waals surface area contributed by atoms with Crippen molar-refractivity contribution in [2.24, 2.45) is 0 Å². The summed E-state index contributed by atoms with van der Waals surface area (Å²) in [4.78, 5) is 40.8. The highest BCUT2D eigenvalue weighted by Gasteiger charge is 2.32. The van der Waals surface area contributed by atoms with Crippen LogP contribution >= 0.6 is 15.9 Å². The van der Waals surface area contributed by atoms with Gasteiger partial charge in [0.2, 0.25) is 11.8 Å². The SMILES string of the molecule is C=CC(=O)N1CC(NC(=O)Cn2c3c(c4cc(Br)ccc42)CCN(C(=O)OCc2cc#ccc2)C3)C1. The molecule has 1 N–H and O–H groups in total. The number of hydrogen-bond acceptors (Lipinski definition) is 4. The van der Waals surface area contributed by atoms with Crippen molar-refractivity contribution >= 4 is 44.7 Å². The molecule has 0 unspecified atom stereocenters. The molecule has 1 fully saturated rings. The Morgan fingerprint density at radius 2 is 2.03 bits per heavy atom. The Morgan fingerprint density at radius 3 is 2.78 bits per heavy atom. The number of aromatic nitrogens is 1. The summed E-state index contributed by atoms with van der Waals surface area (Å²) >= 11 is 3.55. The van der Waals surface area contributed by atoms with E-state index in [-0.39, 0.29) is 31.0 Å². The van der Waals surface area contributed by atoms with E-state index in [1.807, 2.05) is 22.8 Å². The van der Waals surface area contributed by atoms with Crippen molar-refractivity contribution in [3.05, 3.63) is 82.5 Å². The van der Waals surface area contributed by atoms with Crippen LogP contribution in [0.4, 0.5) is 4.79 Å². The van der Waals surface area contributed by atoms with E-state index in [4.69, 9.17) is 4.74 Å². The van der Waals surface area contributed by atoms with Gasteiger partial charge in [-0.15, -0.1) is 0 Å². The maximum Gasteiger partial charge on any atom is 0.410 e. The highest BCUT2D eigenvalue weighted by Crippen LogP contribution is 2.33. The van der Waals surface area contributed by atoms with E-state index < -0.39 is 6.09 Å². The van der Waals surface area contributed by atoms with E-state index >= 15 is 0 Å². The van der Waals surface area contributed by atoms with Crippen LogP contribution in [0.15, 0.2) is 53.5 Å². The Bertz CT molecular complexity index is 1330. The zero-order valence-corrected chi connectivity index (χ0v) is 21.2. The molecule has 0 spiro atoms. The van der Waals surface area contributed by atoms with Gasteiger partial charge in [-0.3, -0.25) is 9.59 Å². The van der Waals surface area contributed by atoms with Gasteiger partial charge < -0.3 is 24.4 Å². The second-order valence-corrected chi connectivity index (χ2v) is 9.87. The molecular weight excluding hydrogens is 524 g/mol. The molecule has 2 aliphatic heterocycles. The number of nitrogens with zero attached hydrogens (tertiary/aromatic N) is 3. The van der Waals surface area contributed by atoms with Gasteiger partial charge in [0.1, 0.15) is 13.2 Å². The van der Waals surface area contributed by atoms with Gasteiger partial charge in [-0.1, -0.05) is 34.6 Å². The lowest BCUT2D eigenvalue weighted by Gasteiger charge is -2.39. The molecule has 36 heavy (non-hydrogen) atoms. The zero-order chi connectivity index (χ0) is 25.2. The summed E-state index contributed by atoms with van der Waals surface area (Å²) in [7, 11) is 0. The molecule has 3 amide bonds. The van der Waals surface area contributed by atoms with Gasteiger partial charge in [-0.2, -0.15) is 0 Å². The standard InChI is InChI=1S/C27H25BrN4O4/c1-2-26(34)31-13-20(14-31)29-25(33)16-32-23-9-8-19(28)12-22(23)21-10-11-30(15-24(21)32)27(35)36-17-18-6-4-3-5-7-18/h2,4,6-9,12,20H,1,10-11,13-17H2,(H,29,33). The number of fused-ring (bicyclic) bond motifs is 3. The normalized spacial score (nSPS) is 15.0. The number of nitrogens with one attached hydrogen (secondary N) is 1. The van der Waals surface area contributed by atoms with Crippen molar-refractivity contribution in [3.63, 3.8) is 0 Å². The van der Waals surface area contributed by atoms with E-state index in [9.17, 15) is 14.4 Å². The van der Waals surface area contributed by atoms with E-state index in [0.717, 1.165) is 32.2 Å². The Morgan fingerprint density at radius 1 is 1.19 bits per heavy atom. The van der Waals surface area contributed by atoms with Crippen LogP contribution in [0.3, 0.4) is 0 Å². The van der Waals surface area contributed by atoms with Gasteiger partial charge in [0.05, 0.1) is 12.6 Å². The van der Waals surface area contributed by atoms with Crippen LogP contribution in [0, 0.1) is 12.1 Å². The molecule has 0 atom stereocenters. The number of amides is 3. The van der Waals surface area contributed by atoms with Gasteiger partial charge in [-0.25, -0.2) is 4.79 Å². The van der Waals surface area contributed by atoms with Crippen molar-refractivity contribution in [2.45, 2.75) is 32.2 Å². The number of hydrogen-bond donors (Lipinski definition) is 1. The fraction of sp³-hybridized carbons (Fsp3) is 0.296. The van der Waals surface area contributed by atoms with E-state index in [0.29, 0.717) is 32.6 Å². The monoisotopic (exact) mass is 548 g/mol. The molecule has 0 radical (unpaired) electrons. The average molecular weight is 549 g/mol. The minimum atomic E-state index is -0.391. The summed E-state index contributed by atoms with van der Waals surface area (Å²) in [6.45, 7) is 5.63. The molecular formula is C27H25BrN4O4. The van der Waals surface area contributed by atoms with Gasteiger partial charge >= 0.3 is 6.09 Å². The average Bonchev–Trinajstić information content (AvgIpc) is 3.16. The molecule has 1 saturated heterocycles. The third-order valence-corrected chi connectivity index (χ3v) is 7.09. The second kappa shape index (κ2) is 10.1. The fourth-order valence-corrected chi connectivity index (χ4v) is 5.11. The maximum atomic E-state index is 13.0. The number of rotatable bonds is 6. The van der Waals surface area contributed by atoms with Crippen molar-refractivity contribution < 1.29 is 19.1 Å². The lowest BCUT2D eigenvalue weighted by atomic mass is 10.0. The molecule has 1 aromatic heterocycles. The van der Waals surface area contributed by atoms with Crippen LogP contribution in [0.5, 0.6) is 0 Å². The summed E-state index contributed by atoms with van der Waals surface area (Å²) in [5.74, 6) is -0.266. The van der Waals surface area contributed by atoms with Crippen molar-refractivity contribution in [2.75, 3.05) is 19.6 Å². The molecule has 0 aliphatic carbocycles. The molecule has 8 nitrogen and oxygen atoms in total. The molecule has 0 saturated carbocycles. The Balaban J connectivity index is 1.31. The number of carbonyl (C=O) groups is 3. The summed E-state index contributed by atoms with van der Waals surface area (Å²) in [6.07, 6.45) is 1.56. The number of benzene rings is 1. The molecule has 5 rings (SSSR count). The maximum absolute atomic E-state index is 13.0. The number of carbonyl (C=O) groups excluding carboxylic acids is 3. The molecule has 2 aromatic carbocycles. The van der Waals surface area contributed by atoms with Crippen molar-refractivity contribution in [1.29, 1.82) is 0 Å². The van der Waals surface area contributed by atoms with Crippen LogP contribution in [-0.4, -0.2) is 58.0 Å². The summed E-state index contributed by atoms with van der Waals surface area (Å²) in [6, 6.07) is 16.9. The molecule has 2 aliphatic rings. The highest BCUT2D eigenvalue weighted by atomic mass is 79.9. The van der Waals surface area contributed by atoms with E-state index in [1.165, 1.54) is 6.08 Å². The largest absolute Gasteiger partial charge is 0.445 e. The number of likely N-dealkylation sites (tertiary alicyclic amines) is 1. The summed E-state index contributed by atoms with van der Waals surface area (Å²) < 4.78 is 8.47. The first-order chi connectivity index (χ1) is 17.4. The van der Waals surface area contributed by atoms with Gasteiger partial charge in [-0.05, 0) is 60.0 Å². The highest BCUT2D eigenvalue weighted by molar-refractivity contribution is 9.10. The molecule has 3 heterocycles. The Kier molecular flexibility index (Phi) is 6.70. The van der Waals surface area contributed by atoms with Crippen LogP contribution in [0.2, 0.25) is 0 Å². The summed E-state index contributed by atoms with van der Waals surface area (Å²) in [5.41, 5.74) is 3.87. The van der Waals surface area contributed by atoms with Crippen LogP contribution < -0.4 is 5.32 Å². The molecule has 9 heteroatoms.